The van der Waals surface area contributed by atoms with Gasteiger partial charge in [0.2, 0.25) is 0 Å². The van der Waals surface area contributed by atoms with Gasteiger partial charge in [0, 0.05) is 25.5 Å². The fourth-order valence-electron chi connectivity index (χ4n) is 0.777. The second-order valence-corrected chi connectivity index (χ2v) is 5.72. The zero-order valence-electron chi connectivity index (χ0n) is 6.53. The molecule has 3 nitrogen and oxygen atoms in total. The number of hydrogen-bond donors (Lipinski definition) is 1. The minimum absolute atomic E-state index is 0.282. The average Bonchev–Trinajstić information content (AvgIpc) is 2.33. The standard InChI is InChI=1S/C7H7BrO3S2/c8-5-1-6(12-2-5)3-13(11)4-7(9)10/h1-2H,3-4H2,(H,9,10). The predicted molar refractivity (Wildman–Crippen MR) is 56.4 cm³/mol. The summed E-state index contributed by atoms with van der Waals surface area (Å²) in [6.45, 7) is 0. The summed E-state index contributed by atoms with van der Waals surface area (Å²) < 4.78 is 12.1. The highest BCUT2D eigenvalue weighted by atomic mass is 79.9. The molecule has 6 heteroatoms. The minimum Gasteiger partial charge on any atom is -0.481 e. The number of thiophene rings is 1. The third-order valence-electron chi connectivity index (χ3n) is 1.21. The summed E-state index contributed by atoms with van der Waals surface area (Å²) >= 11 is 4.74. The molecule has 1 rings (SSSR count). The topological polar surface area (TPSA) is 54.4 Å². The summed E-state index contributed by atoms with van der Waals surface area (Å²) in [6.07, 6.45) is 0. The molecule has 0 aliphatic carbocycles. The van der Waals surface area contributed by atoms with Crippen molar-refractivity contribution in [3.05, 3.63) is 20.8 Å². The van der Waals surface area contributed by atoms with E-state index in [1.54, 1.807) is 0 Å². The Balaban J connectivity index is 2.50. The zero-order valence-corrected chi connectivity index (χ0v) is 9.75. The van der Waals surface area contributed by atoms with Crippen molar-refractivity contribution in [2.75, 3.05) is 5.75 Å². The van der Waals surface area contributed by atoms with Crippen LogP contribution in [0.25, 0.3) is 0 Å². The lowest BCUT2D eigenvalue weighted by atomic mass is 10.5. The molecule has 1 heterocycles. The monoisotopic (exact) mass is 282 g/mol. The molecule has 1 N–H and O–H groups in total. The lowest BCUT2D eigenvalue weighted by Crippen LogP contribution is -2.09. The van der Waals surface area contributed by atoms with E-state index < -0.39 is 16.8 Å². The van der Waals surface area contributed by atoms with Gasteiger partial charge in [-0.05, 0) is 22.0 Å². The second kappa shape index (κ2) is 4.88. The lowest BCUT2D eigenvalue weighted by Gasteiger charge is -1.94. The summed E-state index contributed by atoms with van der Waals surface area (Å²) in [5.41, 5.74) is 0. The summed E-state index contributed by atoms with van der Waals surface area (Å²) in [6, 6.07) is 1.85. The van der Waals surface area contributed by atoms with Crippen LogP contribution in [0.2, 0.25) is 0 Å². The number of carboxylic acids is 1. The van der Waals surface area contributed by atoms with Crippen LogP contribution in [0, 0.1) is 0 Å². The van der Waals surface area contributed by atoms with Crippen LogP contribution >= 0.6 is 27.3 Å². The summed E-state index contributed by atoms with van der Waals surface area (Å²) in [5, 5.41) is 10.3. The number of rotatable bonds is 4. The van der Waals surface area contributed by atoms with Crippen LogP contribution in [0.15, 0.2) is 15.9 Å². The third-order valence-corrected chi connectivity index (χ3v) is 4.29. The van der Waals surface area contributed by atoms with Gasteiger partial charge in [0.1, 0.15) is 5.75 Å². The maximum atomic E-state index is 11.2. The molecule has 0 radical (unpaired) electrons. The number of halogens is 1. The highest BCUT2D eigenvalue weighted by Crippen LogP contribution is 2.20. The molecule has 1 unspecified atom stereocenters. The van der Waals surface area contributed by atoms with Gasteiger partial charge in [-0.1, -0.05) is 0 Å². The Kier molecular flexibility index (Phi) is 4.08. The number of aliphatic carboxylic acids is 1. The Labute approximate surface area is 90.4 Å². The van der Waals surface area contributed by atoms with Crippen LogP contribution in [0.3, 0.4) is 0 Å². The molecule has 0 fully saturated rings. The highest BCUT2D eigenvalue weighted by molar-refractivity contribution is 9.10. The van der Waals surface area contributed by atoms with Gasteiger partial charge in [0.25, 0.3) is 0 Å². The molecule has 1 atom stereocenters. The molecule has 0 amide bonds. The van der Waals surface area contributed by atoms with Crippen molar-refractivity contribution >= 4 is 44.0 Å². The van der Waals surface area contributed by atoms with Gasteiger partial charge in [0.15, 0.2) is 0 Å². The van der Waals surface area contributed by atoms with Crippen LogP contribution < -0.4 is 0 Å². The molecule has 0 aliphatic heterocycles. The zero-order chi connectivity index (χ0) is 9.84. The molecule has 0 saturated carbocycles. The Hall–Kier alpha value is -0.200. The Morgan fingerprint density at radius 1 is 1.69 bits per heavy atom. The van der Waals surface area contributed by atoms with Crippen LogP contribution in [0.5, 0.6) is 0 Å². The van der Waals surface area contributed by atoms with E-state index in [0.717, 1.165) is 9.35 Å². The fraction of sp³-hybridized carbons (Fsp3) is 0.286. The smallest absolute Gasteiger partial charge is 0.316 e. The molecule has 0 aromatic carbocycles. The van der Waals surface area contributed by atoms with E-state index in [1.807, 2.05) is 11.4 Å². The Morgan fingerprint density at radius 2 is 2.38 bits per heavy atom. The molecule has 1 aromatic heterocycles. The van der Waals surface area contributed by atoms with Gasteiger partial charge in [-0.3, -0.25) is 9.00 Å². The summed E-state index contributed by atoms with van der Waals surface area (Å²) in [5.74, 6) is -0.980. The van der Waals surface area contributed by atoms with E-state index in [1.165, 1.54) is 11.3 Å². The maximum absolute atomic E-state index is 11.2. The first-order chi connectivity index (χ1) is 6.08. The Bertz CT molecular complexity index is 334. The fourth-order valence-corrected chi connectivity index (χ4v) is 3.46. The first-order valence-electron chi connectivity index (χ1n) is 3.37. The normalized spacial score (nSPS) is 12.7. The summed E-state index contributed by atoms with van der Waals surface area (Å²) in [7, 11) is -1.30. The first-order valence-corrected chi connectivity index (χ1v) is 6.53. The molecule has 0 bridgehead atoms. The van der Waals surface area contributed by atoms with Gasteiger partial charge < -0.3 is 5.11 Å². The predicted octanol–water partition coefficient (Wildman–Crippen LogP) is 1.84. The molecule has 0 aliphatic rings. The van der Waals surface area contributed by atoms with Crippen LogP contribution in [0.4, 0.5) is 0 Å². The van der Waals surface area contributed by atoms with Gasteiger partial charge in [-0.15, -0.1) is 11.3 Å². The molecule has 0 spiro atoms. The van der Waals surface area contributed by atoms with Crippen molar-refractivity contribution in [2.45, 2.75) is 5.75 Å². The van der Waals surface area contributed by atoms with Crippen molar-refractivity contribution in [3.63, 3.8) is 0 Å². The van der Waals surface area contributed by atoms with Gasteiger partial charge in [-0.2, -0.15) is 0 Å². The van der Waals surface area contributed by atoms with Crippen molar-refractivity contribution in [1.82, 2.24) is 0 Å². The van der Waals surface area contributed by atoms with E-state index >= 15 is 0 Å². The van der Waals surface area contributed by atoms with E-state index in [0.29, 0.717) is 5.75 Å². The number of carboxylic acid groups (broad SMARTS) is 1. The maximum Gasteiger partial charge on any atom is 0.316 e. The quantitative estimate of drug-likeness (QED) is 0.917. The van der Waals surface area contributed by atoms with E-state index in [2.05, 4.69) is 15.9 Å². The second-order valence-electron chi connectivity index (χ2n) is 2.35. The lowest BCUT2D eigenvalue weighted by molar-refractivity contribution is -0.133. The molecule has 0 saturated heterocycles. The number of hydrogen-bond acceptors (Lipinski definition) is 3. The van der Waals surface area contributed by atoms with E-state index in [9.17, 15) is 9.00 Å². The van der Waals surface area contributed by atoms with Crippen molar-refractivity contribution in [2.24, 2.45) is 0 Å². The summed E-state index contributed by atoms with van der Waals surface area (Å²) in [4.78, 5) is 11.1. The highest BCUT2D eigenvalue weighted by Gasteiger charge is 2.08. The molecular weight excluding hydrogens is 276 g/mol. The molecular formula is C7H7BrO3S2. The van der Waals surface area contributed by atoms with Gasteiger partial charge in [0.05, 0.1) is 5.75 Å². The Morgan fingerprint density at radius 3 is 2.85 bits per heavy atom. The molecule has 13 heavy (non-hydrogen) atoms. The van der Waals surface area contributed by atoms with Gasteiger partial charge in [-0.25, -0.2) is 0 Å². The molecule has 72 valence electrons. The SMILES string of the molecule is O=C(O)CS(=O)Cc1cc(Br)cs1. The van der Waals surface area contributed by atoms with Crippen molar-refractivity contribution in [3.8, 4) is 0 Å². The van der Waals surface area contributed by atoms with Crippen LogP contribution in [0.1, 0.15) is 4.88 Å². The van der Waals surface area contributed by atoms with Crippen LogP contribution in [-0.4, -0.2) is 21.0 Å². The van der Waals surface area contributed by atoms with E-state index in [4.69, 9.17) is 5.11 Å². The largest absolute Gasteiger partial charge is 0.481 e. The minimum atomic E-state index is -1.30. The third kappa shape index (κ3) is 4.02. The van der Waals surface area contributed by atoms with E-state index in [-0.39, 0.29) is 5.75 Å². The van der Waals surface area contributed by atoms with Gasteiger partial charge >= 0.3 is 5.97 Å². The van der Waals surface area contributed by atoms with Crippen LogP contribution in [-0.2, 0) is 21.3 Å². The number of carbonyl (C=O) groups is 1. The van der Waals surface area contributed by atoms with Crippen molar-refractivity contribution < 1.29 is 14.1 Å². The average molecular weight is 283 g/mol. The molecule has 1 aromatic rings. The van der Waals surface area contributed by atoms with Crippen molar-refractivity contribution in [1.29, 1.82) is 0 Å². The first kappa shape index (κ1) is 10.9.